The Labute approximate surface area is 128 Å². The Bertz CT molecular complexity index is 717. The standard InChI is InChI=1S/C15H16FNO4S/c1-20-14-4-2-3-5-15(14)21-11-10-17-22(18,19)13-8-6-12(16)7-9-13/h2-9,17H,10-11H2,1H3. The number of hydrogen-bond donors (Lipinski definition) is 1. The van der Waals surface area contributed by atoms with E-state index in [4.69, 9.17) is 9.47 Å². The highest BCUT2D eigenvalue weighted by Gasteiger charge is 2.13. The Kier molecular flexibility index (Phi) is 5.35. The maximum Gasteiger partial charge on any atom is 0.240 e. The topological polar surface area (TPSA) is 64.6 Å². The van der Waals surface area contributed by atoms with Gasteiger partial charge < -0.3 is 9.47 Å². The summed E-state index contributed by atoms with van der Waals surface area (Å²) >= 11 is 0. The minimum atomic E-state index is -3.68. The first kappa shape index (κ1) is 16.3. The van der Waals surface area contributed by atoms with Crippen molar-refractivity contribution in [2.45, 2.75) is 4.90 Å². The first-order chi connectivity index (χ1) is 10.5. The van der Waals surface area contributed by atoms with Crippen LogP contribution in [-0.2, 0) is 10.0 Å². The lowest BCUT2D eigenvalue weighted by molar-refractivity contribution is 0.298. The summed E-state index contributed by atoms with van der Waals surface area (Å²) in [6.45, 7) is 0.221. The van der Waals surface area contributed by atoms with Crippen LogP contribution in [0.4, 0.5) is 4.39 Å². The average Bonchev–Trinajstić information content (AvgIpc) is 2.52. The zero-order chi connectivity index (χ0) is 16.0. The number of hydrogen-bond acceptors (Lipinski definition) is 4. The number of ether oxygens (including phenoxy) is 2. The Morgan fingerprint density at radius 1 is 1.05 bits per heavy atom. The number of halogens is 1. The number of nitrogens with one attached hydrogen (secondary N) is 1. The van der Waals surface area contributed by atoms with Gasteiger partial charge in [0, 0.05) is 6.54 Å². The fourth-order valence-electron chi connectivity index (χ4n) is 1.77. The lowest BCUT2D eigenvalue weighted by Gasteiger charge is -2.11. The van der Waals surface area contributed by atoms with Gasteiger partial charge in [-0.2, -0.15) is 0 Å². The van der Waals surface area contributed by atoms with E-state index >= 15 is 0 Å². The summed E-state index contributed by atoms with van der Waals surface area (Å²) in [6.07, 6.45) is 0. The second-order valence-electron chi connectivity index (χ2n) is 4.35. The van der Waals surface area contributed by atoms with Gasteiger partial charge in [0.1, 0.15) is 12.4 Å². The molecule has 0 unspecified atom stereocenters. The maximum atomic E-state index is 12.8. The van der Waals surface area contributed by atoms with E-state index in [-0.39, 0.29) is 18.0 Å². The molecule has 0 heterocycles. The molecule has 2 aromatic carbocycles. The molecule has 0 aliphatic heterocycles. The van der Waals surface area contributed by atoms with E-state index in [1.165, 1.54) is 19.2 Å². The van der Waals surface area contributed by atoms with Crippen molar-refractivity contribution in [1.29, 1.82) is 0 Å². The fraction of sp³-hybridized carbons (Fsp3) is 0.200. The van der Waals surface area contributed by atoms with Crippen LogP contribution >= 0.6 is 0 Å². The van der Waals surface area contributed by atoms with Crippen LogP contribution in [0.3, 0.4) is 0 Å². The van der Waals surface area contributed by atoms with Crippen molar-refractivity contribution in [3.05, 3.63) is 54.3 Å². The first-order valence-electron chi connectivity index (χ1n) is 6.54. The summed E-state index contributed by atoms with van der Waals surface area (Å²) in [4.78, 5) is 0.00573. The van der Waals surface area contributed by atoms with Gasteiger partial charge in [-0.15, -0.1) is 0 Å². The molecule has 0 aromatic heterocycles. The summed E-state index contributed by atoms with van der Waals surface area (Å²) < 4.78 is 49.7. The minimum Gasteiger partial charge on any atom is -0.493 e. The van der Waals surface area contributed by atoms with E-state index in [0.717, 1.165) is 12.1 Å². The van der Waals surface area contributed by atoms with Gasteiger partial charge in [-0.25, -0.2) is 17.5 Å². The Morgan fingerprint density at radius 3 is 2.32 bits per heavy atom. The molecule has 2 aromatic rings. The number of sulfonamides is 1. The van der Waals surface area contributed by atoms with Crippen LogP contribution in [0.15, 0.2) is 53.4 Å². The molecule has 0 radical (unpaired) electrons. The van der Waals surface area contributed by atoms with Crippen molar-refractivity contribution in [2.24, 2.45) is 0 Å². The van der Waals surface area contributed by atoms with Crippen LogP contribution in [0, 0.1) is 5.82 Å². The summed E-state index contributed by atoms with van der Waals surface area (Å²) in [5, 5.41) is 0. The first-order valence-corrected chi connectivity index (χ1v) is 8.02. The van der Waals surface area contributed by atoms with Crippen LogP contribution in [0.25, 0.3) is 0 Å². The second-order valence-corrected chi connectivity index (χ2v) is 6.12. The van der Waals surface area contributed by atoms with Crippen LogP contribution in [-0.4, -0.2) is 28.7 Å². The van der Waals surface area contributed by atoms with Gasteiger partial charge in [0.25, 0.3) is 0 Å². The minimum absolute atomic E-state index is 0.00573. The van der Waals surface area contributed by atoms with Crippen molar-refractivity contribution in [3.63, 3.8) is 0 Å². The van der Waals surface area contributed by atoms with Crippen LogP contribution in [0.5, 0.6) is 11.5 Å². The molecule has 0 saturated heterocycles. The molecule has 0 fully saturated rings. The van der Waals surface area contributed by atoms with Crippen molar-refractivity contribution in [1.82, 2.24) is 4.72 Å². The molecule has 0 amide bonds. The summed E-state index contributed by atoms with van der Waals surface area (Å²) in [5.74, 6) is 0.619. The fourth-order valence-corrected chi connectivity index (χ4v) is 2.79. The van der Waals surface area contributed by atoms with Gasteiger partial charge in [0.15, 0.2) is 11.5 Å². The number of methoxy groups -OCH3 is 1. The molecule has 0 atom stereocenters. The maximum absolute atomic E-state index is 12.8. The third kappa shape index (κ3) is 4.19. The second kappa shape index (κ2) is 7.24. The van der Waals surface area contributed by atoms with Crippen molar-refractivity contribution in [2.75, 3.05) is 20.3 Å². The van der Waals surface area contributed by atoms with Gasteiger partial charge in [-0.3, -0.25) is 0 Å². The Hall–Kier alpha value is -2.12. The predicted molar refractivity (Wildman–Crippen MR) is 80.1 cm³/mol. The largest absolute Gasteiger partial charge is 0.493 e. The van der Waals surface area contributed by atoms with Gasteiger partial charge in [0.2, 0.25) is 10.0 Å². The number of rotatable bonds is 7. The van der Waals surface area contributed by atoms with E-state index < -0.39 is 15.8 Å². The molecule has 22 heavy (non-hydrogen) atoms. The molecule has 0 saturated carbocycles. The molecule has 0 aliphatic rings. The monoisotopic (exact) mass is 325 g/mol. The SMILES string of the molecule is COc1ccccc1OCCNS(=O)(=O)c1ccc(F)cc1. The lowest BCUT2D eigenvalue weighted by Crippen LogP contribution is -2.28. The van der Waals surface area contributed by atoms with Crippen LogP contribution in [0.2, 0.25) is 0 Å². The van der Waals surface area contributed by atoms with Crippen molar-refractivity contribution in [3.8, 4) is 11.5 Å². The van der Waals surface area contributed by atoms with E-state index in [1.54, 1.807) is 18.2 Å². The van der Waals surface area contributed by atoms with E-state index in [1.807, 2.05) is 6.07 Å². The number of benzene rings is 2. The van der Waals surface area contributed by atoms with Crippen LogP contribution in [0.1, 0.15) is 0 Å². The van der Waals surface area contributed by atoms with Crippen LogP contribution < -0.4 is 14.2 Å². The normalized spacial score (nSPS) is 11.2. The molecule has 5 nitrogen and oxygen atoms in total. The molecule has 0 bridgehead atoms. The summed E-state index contributed by atoms with van der Waals surface area (Å²) in [6, 6.07) is 11.7. The van der Waals surface area contributed by atoms with Gasteiger partial charge in [0.05, 0.1) is 12.0 Å². The van der Waals surface area contributed by atoms with E-state index in [2.05, 4.69) is 4.72 Å². The smallest absolute Gasteiger partial charge is 0.240 e. The molecule has 1 N–H and O–H groups in total. The van der Waals surface area contributed by atoms with Gasteiger partial charge >= 0.3 is 0 Å². The highest BCUT2D eigenvalue weighted by Crippen LogP contribution is 2.25. The van der Waals surface area contributed by atoms with Crippen molar-refractivity contribution >= 4 is 10.0 Å². The third-order valence-electron chi connectivity index (χ3n) is 2.84. The average molecular weight is 325 g/mol. The van der Waals surface area contributed by atoms with Gasteiger partial charge in [-0.05, 0) is 36.4 Å². The summed E-state index contributed by atoms with van der Waals surface area (Å²) in [5.41, 5.74) is 0. The summed E-state index contributed by atoms with van der Waals surface area (Å²) in [7, 11) is -2.15. The Balaban J connectivity index is 1.89. The molecule has 2 rings (SSSR count). The highest BCUT2D eigenvalue weighted by atomic mass is 32.2. The van der Waals surface area contributed by atoms with E-state index in [0.29, 0.717) is 11.5 Å². The predicted octanol–water partition coefficient (Wildman–Crippen LogP) is 2.19. The molecule has 0 aliphatic carbocycles. The zero-order valence-electron chi connectivity index (χ0n) is 12.0. The van der Waals surface area contributed by atoms with Gasteiger partial charge in [-0.1, -0.05) is 12.1 Å². The molecule has 7 heteroatoms. The third-order valence-corrected chi connectivity index (χ3v) is 4.32. The Morgan fingerprint density at radius 2 is 1.68 bits per heavy atom. The number of para-hydroxylation sites is 2. The van der Waals surface area contributed by atoms with Crippen molar-refractivity contribution < 1.29 is 22.3 Å². The zero-order valence-corrected chi connectivity index (χ0v) is 12.8. The van der Waals surface area contributed by atoms with E-state index in [9.17, 15) is 12.8 Å². The molecular weight excluding hydrogens is 309 g/mol. The molecular formula is C15H16FNO4S. The lowest BCUT2D eigenvalue weighted by atomic mass is 10.3. The highest BCUT2D eigenvalue weighted by molar-refractivity contribution is 7.89. The quantitative estimate of drug-likeness (QED) is 0.793. The molecule has 118 valence electrons. The molecule has 0 spiro atoms.